The van der Waals surface area contributed by atoms with Crippen LogP contribution in [0, 0.1) is 40.9 Å². The van der Waals surface area contributed by atoms with Crippen molar-refractivity contribution in [2.24, 2.45) is 28.6 Å². The highest BCUT2D eigenvalue weighted by Crippen LogP contribution is 2.68. The summed E-state index contributed by atoms with van der Waals surface area (Å²) in [4.78, 5) is 23.7. The molecule has 0 aromatic heterocycles. The molecule has 140 valence electrons. The van der Waals surface area contributed by atoms with Crippen molar-refractivity contribution in [1.29, 1.82) is 0 Å². The van der Waals surface area contributed by atoms with E-state index in [-0.39, 0.29) is 16.8 Å². The minimum Gasteiger partial charge on any atom is -0.445 e. The first-order chi connectivity index (χ1) is 12.3. The molecule has 0 bridgehead atoms. The molecular formula is C23H30O3. The maximum atomic E-state index is 11.9. The first-order valence-electron chi connectivity index (χ1n) is 10.2. The van der Waals surface area contributed by atoms with Gasteiger partial charge in [-0.1, -0.05) is 25.3 Å². The number of ether oxygens (including phenoxy) is 1. The van der Waals surface area contributed by atoms with E-state index in [1.54, 1.807) is 0 Å². The van der Waals surface area contributed by atoms with Crippen LogP contribution >= 0.6 is 0 Å². The molecule has 0 saturated heterocycles. The van der Waals surface area contributed by atoms with E-state index >= 15 is 0 Å². The minimum atomic E-state index is -0.742. The largest absolute Gasteiger partial charge is 0.445 e. The van der Waals surface area contributed by atoms with Crippen LogP contribution in [-0.2, 0) is 14.3 Å². The van der Waals surface area contributed by atoms with Crippen LogP contribution in [0.15, 0.2) is 11.6 Å². The lowest BCUT2D eigenvalue weighted by Gasteiger charge is -2.58. The van der Waals surface area contributed by atoms with Crippen molar-refractivity contribution >= 4 is 11.8 Å². The average Bonchev–Trinajstić information content (AvgIpc) is 2.88. The van der Waals surface area contributed by atoms with E-state index in [2.05, 4.69) is 19.8 Å². The Morgan fingerprint density at radius 1 is 1.15 bits per heavy atom. The number of hydrogen-bond donors (Lipinski definition) is 0. The summed E-state index contributed by atoms with van der Waals surface area (Å²) in [6.07, 6.45) is 15.7. The molecule has 26 heavy (non-hydrogen) atoms. The second-order valence-corrected chi connectivity index (χ2v) is 9.53. The second-order valence-electron chi connectivity index (χ2n) is 9.53. The molecule has 0 amide bonds. The normalized spacial score (nSPS) is 47.1. The van der Waals surface area contributed by atoms with Crippen LogP contribution in [0.1, 0.15) is 72.1 Å². The van der Waals surface area contributed by atoms with Crippen molar-refractivity contribution in [3.05, 3.63) is 11.6 Å². The molecule has 6 atom stereocenters. The van der Waals surface area contributed by atoms with Crippen LogP contribution in [0.2, 0.25) is 0 Å². The van der Waals surface area contributed by atoms with Crippen molar-refractivity contribution in [1.82, 2.24) is 0 Å². The predicted molar refractivity (Wildman–Crippen MR) is 100 cm³/mol. The topological polar surface area (TPSA) is 43.4 Å². The highest BCUT2D eigenvalue weighted by atomic mass is 16.6. The van der Waals surface area contributed by atoms with Crippen molar-refractivity contribution < 1.29 is 14.3 Å². The number of carbonyl (C=O) groups excluding carboxylic acids is 2. The van der Waals surface area contributed by atoms with Gasteiger partial charge in [-0.3, -0.25) is 9.59 Å². The number of ketones is 1. The van der Waals surface area contributed by atoms with Crippen LogP contribution in [-0.4, -0.2) is 17.4 Å². The Balaban J connectivity index is 1.69. The molecule has 0 aromatic rings. The summed E-state index contributed by atoms with van der Waals surface area (Å²) in [5.74, 6) is 4.71. The van der Waals surface area contributed by atoms with Gasteiger partial charge in [-0.05, 0) is 74.2 Å². The molecule has 0 radical (unpaired) electrons. The van der Waals surface area contributed by atoms with E-state index in [4.69, 9.17) is 11.2 Å². The lowest BCUT2D eigenvalue weighted by molar-refractivity contribution is -0.169. The molecule has 0 unspecified atom stereocenters. The molecule has 0 heterocycles. The fourth-order valence-electron chi connectivity index (χ4n) is 7.24. The van der Waals surface area contributed by atoms with Gasteiger partial charge in [-0.15, -0.1) is 6.42 Å². The van der Waals surface area contributed by atoms with Gasteiger partial charge >= 0.3 is 5.97 Å². The summed E-state index contributed by atoms with van der Waals surface area (Å²) in [5, 5.41) is 0. The van der Waals surface area contributed by atoms with Crippen molar-refractivity contribution in [3.63, 3.8) is 0 Å². The third-order valence-electron chi connectivity index (χ3n) is 8.63. The minimum absolute atomic E-state index is 0.128. The number of carbonyl (C=O) groups is 2. The van der Waals surface area contributed by atoms with Crippen LogP contribution in [0.5, 0.6) is 0 Å². The van der Waals surface area contributed by atoms with Gasteiger partial charge in [-0.25, -0.2) is 0 Å². The van der Waals surface area contributed by atoms with Crippen LogP contribution in [0.4, 0.5) is 0 Å². The quantitative estimate of drug-likeness (QED) is 0.516. The predicted octanol–water partition coefficient (Wildman–Crippen LogP) is 4.45. The zero-order valence-corrected chi connectivity index (χ0v) is 16.3. The van der Waals surface area contributed by atoms with E-state index in [1.807, 2.05) is 6.08 Å². The Labute approximate surface area is 156 Å². The number of hydrogen-bond acceptors (Lipinski definition) is 3. The monoisotopic (exact) mass is 354 g/mol. The van der Waals surface area contributed by atoms with Crippen molar-refractivity contribution in [2.75, 3.05) is 0 Å². The summed E-state index contributed by atoms with van der Waals surface area (Å²) < 4.78 is 5.81. The van der Waals surface area contributed by atoms with Gasteiger partial charge in [0.05, 0.1) is 0 Å². The van der Waals surface area contributed by atoms with Crippen LogP contribution < -0.4 is 0 Å². The summed E-state index contributed by atoms with van der Waals surface area (Å²) in [6.45, 7) is 6.13. The smallest absolute Gasteiger partial charge is 0.304 e. The SMILES string of the molecule is C#C[C@]1(OC(C)=O)CC[C@@H]2[C@@H]3CCC4=CC(=O)CC[C@]4(C)[C@@H]3CC[C@@]21C. The summed E-state index contributed by atoms with van der Waals surface area (Å²) >= 11 is 0. The fraction of sp³-hybridized carbons (Fsp3) is 0.739. The maximum Gasteiger partial charge on any atom is 0.304 e. The summed E-state index contributed by atoms with van der Waals surface area (Å²) in [7, 11) is 0. The maximum absolute atomic E-state index is 11.9. The van der Waals surface area contributed by atoms with E-state index < -0.39 is 5.60 Å². The van der Waals surface area contributed by atoms with Gasteiger partial charge < -0.3 is 4.74 Å². The Kier molecular flexibility index (Phi) is 3.92. The second kappa shape index (κ2) is 5.72. The van der Waals surface area contributed by atoms with Gasteiger partial charge in [-0.2, -0.15) is 0 Å². The van der Waals surface area contributed by atoms with E-state index in [0.717, 1.165) is 44.9 Å². The lowest BCUT2D eigenvalue weighted by atomic mass is 9.46. The molecular weight excluding hydrogens is 324 g/mol. The van der Waals surface area contributed by atoms with E-state index in [9.17, 15) is 9.59 Å². The average molecular weight is 354 g/mol. The standard InChI is InChI=1S/C23H30O3/c1-5-23(26-15(2)24)13-10-20-18-7-6-16-14-17(25)8-11-21(16,3)19(18)9-12-22(20,23)4/h1,14,18-20H,6-13H2,2-4H3/t18-,19-,20-,21+,22+,23+/m1/s1. The number of rotatable bonds is 1. The van der Waals surface area contributed by atoms with Gasteiger partial charge in [0, 0.05) is 18.8 Å². The van der Waals surface area contributed by atoms with E-state index in [1.165, 1.54) is 12.5 Å². The molecule has 3 nitrogen and oxygen atoms in total. The number of fused-ring (bicyclic) bond motifs is 5. The summed E-state index contributed by atoms with van der Waals surface area (Å²) in [5.41, 5.74) is 0.686. The first kappa shape index (κ1) is 17.8. The third kappa shape index (κ3) is 2.20. The molecule has 4 rings (SSSR count). The Hall–Kier alpha value is -1.56. The molecule has 4 aliphatic carbocycles. The zero-order chi connectivity index (χ0) is 18.7. The Morgan fingerprint density at radius 2 is 1.88 bits per heavy atom. The Morgan fingerprint density at radius 3 is 2.58 bits per heavy atom. The van der Waals surface area contributed by atoms with E-state index in [0.29, 0.717) is 30.0 Å². The summed E-state index contributed by atoms with van der Waals surface area (Å²) in [6, 6.07) is 0. The highest BCUT2D eigenvalue weighted by molar-refractivity contribution is 5.91. The molecule has 3 fully saturated rings. The molecule has 4 aliphatic rings. The zero-order valence-electron chi connectivity index (χ0n) is 16.3. The van der Waals surface area contributed by atoms with Crippen molar-refractivity contribution in [3.8, 4) is 12.3 Å². The molecule has 3 heteroatoms. The first-order valence-corrected chi connectivity index (χ1v) is 10.2. The highest BCUT2D eigenvalue weighted by Gasteiger charge is 2.65. The lowest BCUT2D eigenvalue weighted by Crippen LogP contribution is -2.55. The van der Waals surface area contributed by atoms with Gasteiger partial charge in [0.2, 0.25) is 0 Å². The molecule has 0 spiro atoms. The van der Waals surface area contributed by atoms with Gasteiger partial charge in [0.1, 0.15) is 0 Å². The van der Waals surface area contributed by atoms with Crippen LogP contribution in [0.3, 0.4) is 0 Å². The Bertz CT molecular complexity index is 728. The van der Waals surface area contributed by atoms with Gasteiger partial charge in [0.25, 0.3) is 0 Å². The molecule has 3 saturated carbocycles. The number of allylic oxidation sites excluding steroid dienone is 1. The molecule has 0 N–H and O–H groups in total. The number of terminal acetylenes is 1. The fourth-order valence-corrected chi connectivity index (χ4v) is 7.24. The van der Waals surface area contributed by atoms with Gasteiger partial charge in [0.15, 0.2) is 11.4 Å². The molecule has 0 aromatic carbocycles. The van der Waals surface area contributed by atoms with Crippen LogP contribution in [0.25, 0.3) is 0 Å². The molecule has 0 aliphatic heterocycles. The van der Waals surface area contributed by atoms with Crippen molar-refractivity contribution in [2.45, 2.75) is 77.7 Å². The third-order valence-corrected chi connectivity index (χ3v) is 8.63. The number of esters is 1.